The van der Waals surface area contributed by atoms with Crippen molar-refractivity contribution in [3.05, 3.63) is 108 Å². The summed E-state index contributed by atoms with van der Waals surface area (Å²) < 4.78 is 0. The molecule has 4 N–H and O–H groups in total. The first-order chi connectivity index (χ1) is 20.7. The number of pyridine rings is 1. The van der Waals surface area contributed by atoms with Crippen LogP contribution < -0.4 is 11.1 Å². The summed E-state index contributed by atoms with van der Waals surface area (Å²) in [7, 11) is 0. The lowest BCUT2D eigenvalue weighted by Crippen LogP contribution is -2.76. The van der Waals surface area contributed by atoms with Gasteiger partial charge in [-0.2, -0.15) is 0 Å². The largest absolute Gasteiger partial charge is 0.508 e. The molecule has 0 aliphatic carbocycles. The number of amides is 5. The zero-order chi connectivity index (χ0) is 30.5. The predicted molar refractivity (Wildman–Crippen MR) is 157 cm³/mol. The van der Waals surface area contributed by atoms with Crippen LogP contribution in [0.25, 0.3) is 0 Å². The number of urea groups is 1. The van der Waals surface area contributed by atoms with Crippen LogP contribution in [0.2, 0.25) is 0 Å². The van der Waals surface area contributed by atoms with E-state index in [1.165, 1.54) is 28.2 Å². The van der Waals surface area contributed by atoms with Crippen molar-refractivity contribution in [3.8, 4) is 5.75 Å². The zero-order valence-electron chi connectivity index (χ0n) is 23.5. The summed E-state index contributed by atoms with van der Waals surface area (Å²) in [6.07, 6.45) is 3.84. The lowest BCUT2D eigenvalue weighted by molar-refractivity contribution is -0.189. The van der Waals surface area contributed by atoms with Gasteiger partial charge in [-0.3, -0.25) is 19.4 Å². The van der Waals surface area contributed by atoms with Gasteiger partial charge in [0.25, 0.3) is 0 Å². The van der Waals surface area contributed by atoms with Crippen molar-refractivity contribution in [2.24, 2.45) is 5.73 Å². The van der Waals surface area contributed by atoms with Gasteiger partial charge in [0.15, 0.2) is 0 Å². The maximum Gasteiger partial charge on any atom is 0.334 e. The molecule has 1 aromatic heterocycles. The fourth-order valence-corrected chi connectivity index (χ4v) is 5.48. The van der Waals surface area contributed by atoms with E-state index in [2.05, 4.69) is 16.9 Å². The van der Waals surface area contributed by atoms with Crippen LogP contribution in [0.5, 0.6) is 5.75 Å². The van der Waals surface area contributed by atoms with Gasteiger partial charge in [0.1, 0.15) is 18.0 Å². The molecule has 0 unspecified atom stereocenters. The number of carbonyl (C=O) groups excluding carboxylic acids is 4. The Morgan fingerprint density at radius 2 is 1.79 bits per heavy atom. The molecule has 2 aliphatic heterocycles. The molecule has 3 aromatic rings. The molecule has 3 heterocycles. The Kier molecular flexibility index (Phi) is 8.67. The highest BCUT2D eigenvalue weighted by atomic mass is 16.3. The molecule has 2 aliphatic rings. The number of nitrogens with one attached hydrogen (secondary N) is 1. The van der Waals surface area contributed by atoms with Crippen LogP contribution in [0.15, 0.2) is 85.7 Å². The molecular formula is C31H33N7O5. The summed E-state index contributed by atoms with van der Waals surface area (Å²) >= 11 is 0. The molecule has 0 saturated carbocycles. The number of hydrogen-bond donors (Lipinski definition) is 3. The summed E-state index contributed by atoms with van der Waals surface area (Å²) in [6.45, 7) is 4.28. The normalized spacial score (nSPS) is 18.7. The third-order valence-electron chi connectivity index (χ3n) is 7.48. The van der Waals surface area contributed by atoms with Crippen molar-refractivity contribution < 1.29 is 24.3 Å². The Morgan fingerprint density at radius 3 is 2.49 bits per heavy atom. The number of aromatic hydroxyl groups is 1. The van der Waals surface area contributed by atoms with Gasteiger partial charge in [-0.1, -0.05) is 48.5 Å². The number of fused-ring (bicyclic) bond motifs is 1. The molecule has 2 atom stereocenters. The molecule has 12 nitrogen and oxygen atoms in total. The molecule has 0 radical (unpaired) electrons. The van der Waals surface area contributed by atoms with E-state index in [9.17, 15) is 24.3 Å². The molecule has 2 aromatic carbocycles. The summed E-state index contributed by atoms with van der Waals surface area (Å²) in [5.74, 6) is -1.18. The molecule has 5 amide bonds. The monoisotopic (exact) mass is 583 g/mol. The standard InChI is InChI=1S/C31H33N7O5/c1-2-12-36-20-28(40)37-26(14-21-8-10-25(39)11-9-21)30(42)35(18-23-13-24(29(32)41)17-33-15-23)19-27(37)38(36)31(43)34-16-22-6-4-3-5-7-22/h2-11,13,15,17,26-27,39H,1,12,14,16,18-20H2,(H2,32,41)(H,34,43)/t26-,27-/m0/s1. The lowest BCUT2D eigenvalue weighted by atomic mass is 9.98. The van der Waals surface area contributed by atoms with Crippen molar-refractivity contribution in [3.63, 3.8) is 0 Å². The number of phenolic OH excluding ortho intramolecular Hbond substituents is 1. The number of phenols is 1. The average molecular weight is 584 g/mol. The van der Waals surface area contributed by atoms with Gasteiger partial charge in [-0.15, -0.1) is 6.58 Å². The zero-order valence-corrected chi connectivity index (χ0v) is 23.5. The van der Waals surface area contributed by atoms with Crippen molar-refractivity contribution in [1.82, 2.24) is 30.1 Å². The quantitative estimate of drug-likeness (QED) is 0.324. The second-order valence-corrected chi connectivity index (χ2v) is 10.5. The van der Waals surface area contributed by atoms with Gasteiger partial charge in [-0.25, -0.2) is 14.8 Å². The molecule has 12 heteroatoms. The number of primary amides is 1. The lowest BCUT2D eigenvalue weighted by Gasteiger charge is -2.55. The van der Waals surface area contributed by atoms with Crippen LogP contribution in [0, 0.1) is 0 Å². The first-order valence-corrected chi connectivity index (χ1v) is 13.8. The molecule has 0 spiro atoms. The first-order valence-electron chi connectivity index (χ1n) is 13.8. The number of carbonyl (C=O) groups is 4. The van der Waals surface area contributed by atoms with Gasteiger partial charge in [-0.05, 0) is 34.9 Å². The molecule has 5 rings (SSSR count). The summed E-state index contributed by atoms with van der Waals surface area (Å²) in [5, 5.41) is 15.8. The molecule has 2 fully saturated rings. The molecule has 0 bridgehead atoms. The number of hydrogen-bond acceptors (Lipinski definition) is 7. The Hall–Kier alpha value is -5.23. The Balaban J connectivity index is 1.50. The summed E-state index contributed by atoms with van der Waals surface area (Å²) in [4.78, 5) is 60.4. The van der Waals surface area contributed by atoms with Gasteiger partial charge < -0.3 is 26.0 Å². The van der Waals surface area contributed by atoms with Crippen molar-refractivity contribution >= 4 is 23.8 Å². The third-order valence-corrected chi connectivity index (χ3v) is 7.48. The van der Waals surface area contributed by atoms with E-state index >= 15 is 0 Å². The van der Waals surface area contributed by atoms with Crippen molar-refractivity contribution in [2.45, 2.75) is 31.7 Å². The minimum absolute atomic E-state index is 0.0177. The smallest absolute Gasteiger partial charge is 0.334 e. The molecule has 222 valence electrons. The number of aromatic nitrogens is 1. The second-order valence-electron chi connectivity index (χ2n) is 10.5. The average Bonchev–Trinajstić information content (AvgIpc) is 3.00. The number of benzene rings is 2. The fourth-order valence-electron chi connectivity index (χ4n) is 5.48. The van der Waals surface area contributed by atoms with Gasteiger partial charge in [0, 0.05) is 38.4 Å². The third kappa shape index (κ3) is 6.49. The first kappa shape index (κ1) is 29.3. The van der Waals surface area contributed by atoms with E-state index in [4.69, 9.17) is 5.73 Å². The number of piperazine rings is 1. The highest BCUT2D eigenvalue weighted by molar-refractivity contribution is 5.93. The van der Waals surface area contributed by atoms with Gasteiger partial charge in [0.05, 0.1) is 18.7 Å². The maximum absolute atomic E-state index is 14.0. The summed E-state index contributed by atoms with van der Waals surface area (Å²) in [6, 6.07) is 16.1. The molecule has 43 heavy (non-hydrogen) atoms. The van der Waals surface area contributed by atoms with Crippen LogP contribution in [-0.2, 0) is 29.1 Å². The van der Waals surface area contributed by atoms with Gasteiger partial charge in [0.2, 0.25) is 17.7 Å². The molecular weight excluding hydrogens is 550 g/mol. The van der Waals surface area contributed by atoms with Crippen molar-refractivity contribution in [2.75, 3.05) is 19.6 Å². The van der Waals surface area contributed by atoms with E-state index in [1.54, 1.807) is 40.4 Å². The van der Waals surface area contributed by atoms with E-state index in [1.807, 2.05) is 30.3 Å². The van der Waals surface area contributed by atoms with Crippen LogP contribution in [0.4, 0.5) is 4.79 Å². The van der Waals surface area contributed by atoms with Crippen LogP contribution in [-0.4, -0.2) is 85.5 Å². The fraction of sp³-hybridized carbons (Fsp3) is 0.258. The minimum Gasteiger partial charge on any atom is -0.508 e. The predicted octanol–water partition coefficient (Wildman–Crippen LogP) is 1.62. The number of rotatable bonds is 9. The van der Waals surface area contributed by atoms with E-state index in [0.29, 0.717) is 5.56 Å². The Morgan fingerprint density at radius 1 is 1.05 bits per heavy atom. The number of hydrazine groups is 1. The topological polar surface area (TPSA) is 152 Å². The van der Waals surface area contributed by atoms with Crippen LogP contribution in [0.3, 0.4) is 0 Å². The highest BCUT2D eigenvalue weighted by Gasteiger charge is 2.51. The van der Waals surface area contributed by atoms with Gasteiger partial charge >= 0.3 is 6.03 Å². The SMILES string of the molecule is C=CCN1CC(=O)N2[C@@H](Cc3ccc(O)cc3)C(=O)N(Cc3cncc(C(N)=O)c3)C[C@@H]2N1C(=O)NCc1ccccc1. The van der Waals surface area contributed by atoms with E-state index < -0.39 is 24.1 Å². The second kappa shape index (κ2) is 12.7. The Bertz CT molecular complexity index is 1510. The molecule has 2 saturated heterocycles. The summed E-state index contributed by atoms with van der Waals surface area (Å²) in [5.41, 5.74) is 7.86. The van der Waals surface area contributed by atoms with Crippen LogP contribution in [0.1, 0.15) is 27.0 Å². The maximum atomic E-state index is 14.0. The number of nitrogens with two attached hydrogens (primary N) is 1. The highest BCUT2D eigenvalue weighted by Crippen LogP contribution is 2.29. The Labute approximate surface area is 249 Å². The minimum atomic E-state index is -0.932. The van der Waals surface area contributed by atoms with Crippen LogP contribution >= 0.6 is 0 Å². The number of nitrogens with zero attached hydrogens (tertiary/aromatic N) is 5. The van der Waals surface area contributed by atoms with E-state index in [-0.39, 0.29) is 62.3 Å². The van der Waals surface area contributed by atoms with E-state index in [0.717, 1.165) is 11.1 Å². The van der Waals surface area contributed by atoms with Crippen molar-refractivity contribution in [1.29, 1.82) is 0 Å².